The van der Waals surface area contributed by atoms with Crippen molar-refractivity contribution in [3.05, 3.63) is 35.9 Å². The van der Waals surface area contributed by atoms with Crippen LogP contribution in [0.5, 0.6) is 0 Å². The molecule has 4 nitrogen and oxygen atoms in total. The molecule has 3 unspecified atom stereocenters. The number of amides is 2. The molecule has 114 valence electrons. The van der Waals surface area contributed by atoms with Crippen molar-refractivity contribution < 1.29 is 9.59 Å². The maximum absolute atomic E-state index is 12.3. The summed E-state index contributed by atoms with van der Waals surface area (Å²) in [5, 5.41) is 5.77. The molecule has 1 fully saturated rings. The Morgan fingerprint density at radius 3 is 2.76 bits per heavy atom. The first-order valence-corrected chi connectivity index (χ1v) is 7.73. The molecule has 1 aromatic carbocycles. The van der Waals surface area contributed by atoms with Gasteiger partial charge in [-0.1, -0.05) is 50.1 Å². The Labute approximate surface area is 126 Å². The molecule has 21 heavy (non-hydrogen) atoms. The molecule has 2 amide bonds. The molecule has 0 aromatic heterocycles. The topological polar surface area (TPSA) is 58.2 Å². The quantitative estimate of drug-likeness (QED) is 0.790. The smallest absolute Gasteiger partial charge is 0.223 e. The lowest BCUT2D eigenvalue weighted by Gasteiger charge is -2.26. The van der Waals surface area contributed by atoms with Crippen LogP contribution in [0.2, 0.25) is 0 Å². The molecule has 0 saturated heterocycles. The van der Waals surface area contributed by atoms with Gasteiger partial charge in [0.15, 0.2) is 0 Å². The largest absolute Gasteiger partial charge is 0.353 e. The number of hydrogen-bond donors (Lipinski definition) is 2. The average molecular weight is 288 g/mol. The first-order valence-electron chi connectivity index (χ1n) is 7.73. The Morgan fingerprint density at radius 1 is 1.33 bits per heavy atom. The van der Waals surface area contributed by atoms with Crippen LogP contribution < -0.4 is 10.6 Å². The molecule has 0 heterocycles. The summed E-state index contributed by atoms with van der Waals surface area (Å²) in [5.74, 6) is 0.879. The first-order chi connectivity index (χ1) is 10.2. The fourth-order valence-corrected chi connectivity index (χ4v) is 3.06. The van der Waals surface area contributed by atoms with E-state index in [4.69, 9.17) is 0 Å². The molecular weight excluding hydrogens is 264 g/mol. The zero-order valence-electron chi connectivity index (χ0n) is 12.5. The Balaban J connectivity index is 1.89. The van der Waals surface area contributed by atoms with Crippen LogP contribution in [0.3, 0.4) is 0 Å². The van der Waals surface area contributed by atoms with Crippen LogP contribution in [0.15, 0.2) is 30.3 Å². The van der Waals surface area contributed by atoms with E-state index in [0.717, 1.165) is 24.8 Å². The maximum atomic E-state index is 12.3. The molecule has 2 rings (SSSR count). The summed E-state index contributed by atoms with van der Waals surface area (Å²) in [6.45, 7) is 2.65. The van der Waals surface area contributed by atoms with Crippen LogP contribution in [0, 0.1) is 11.8 Å². The van der Waals surface area contributed by atoms with Crippen LogP contribution in [-0.4, -0.2) is 18.9 Å². The van der Waals surface area contributed by atoms with Gasteiger partial charge in [-0.15, -0.1) is 0 Å². The van der Waals surface area contributed by atoms with Crippen LogP contribution >= 0.6 is 0 Å². The third-order valence-corrected chi connectivity index (χ3v) is 4.26. The standard InChI is InChI=1S/C17H24N2O2/c1-13-6-5-9-15(10-13)17(21)18-11-16(19-12-20)14-7-3-2-4-8-14/h2-4,7-8,12-13,15-16H,5-6,9-11H2,1H3,(H,18,21)(H,19,20). The Hall–Kier alpha value is -1.84. The molecule has 2 N–H and O–H groups in total. The summed E-state index contributed by atoms with van der Waals surface area (Å²) in [6, 6.07) is 9.53. The molecule has 1 aliphatic rings. The van der Waals surface area contributed by atoms with E-state index in [1.165, 1.54) is 6.42 Å². The highest BCUT2D eigenvalue weighted by Crippen LogP contribution is 2.28. The van der Waals surface area contributed by atoms with Crippen molar-refractivity contribution in [3.8, 4) is 0 Å². The molecule has 0 bridgehead atoms. The Kier molecular flexibility index (Phi) is 5.78. The second-order valence-corrected chi connectivity index (χ2v) is 5.96. The lowest BCUT2D eigenvalue weighted by molar-refractivity contribution is -0.126. The van der Waals surface area contributed by atoms with Crippen molar-refractivity contribution in [2.75, 3.05) is 6.54 Å². The van der Waals surface area contributed by atoms with Gasteiger partial charge in [0.1, 0.15) is 0 Å². The summed E-state index contributed by atoms with van der Waals surface area (Å²) >= 11 is 0. The van der Waals surface area contributed by atoms with E-state index < -0.39 is 0 Å². The third-order valence-electron chi connectivity index (χ3n) is 4.26. The van der Waals surface area contributed by atoms with E-state index in [9.17, 15) is 9.59 Å². The summed E-state index contributed by atoms with van der Waals surface area (Å²) < 4.78 is 0. The second-order valence-electron chi connectivity index (χ2n) is 5.96. The van der Waals surface area contributed by atoms with Gasteiger partial charge in [0.2, 0.25) is 12.3 Å². The normalized spacial score (nSPS) is 23.1. The average Bonchev–Trinajstić information content (AvgIpc) is 2.52. The van der Waals surface area contributed by atoms with Gasteiger partial charge in [-0.2, -0.15) is 0 Å². The van der Waals surface area contributed by atoms with Crippen molar-refractivity contribution in [3.63, 3.8) is 0 Å². The number of benzene rings is 1. The van der Waals surface area contributed by atoms with Gasteiger partial charge in [0.05, 0.1) is 6.04 Å². The minimum Gasteiger partial charge on any atom is -0.353 e. The van der Waals surface area contributed by atoms with Gasteiger partial charge in [-0.3, -0.25) is 9.59 Å². The number of carbonyl (C=O) groups excluding carboxylic acids is 2. The van der Waals surface area contributed by atoms with Gasteiger partial charge in [-0.05, 0) is 24.3 Å². The van der Waals surface area contributed by atoms with Crippen molar-refractivity contribution in [2.24, 2.45) is 11.8 Å². The van der Waals surface area contributed by atoms with E-state index in [2.05, 4.69) is 17.6 Å². The van der Waals surface area contributed by atoms with Crippen molar-refractivity contribution in [1.29, 1.82) is 0 Å². The minimum atomic E-state index is -0.173. The molecule has 1 aliphatic carbocycles. The van der Waals surface area contributed by atoms with Gasteiger partial charge < -0.3 is 10.6 Å². The fourth-order valence-electron chi connectivity index (χ4n) is 3.06. The molecule has 0 spiro atoms. The van der Waals surface area contributed by atoms with Gasteiger partial charge in [0, 0.05) is 12.5 Å². The third kappa shape index (κ3) is 4.59. The van der Waals surface area contributed by atoms with E-state index in [-0.39, 0.29) is 17.9 Å². The zero-order valence-corrected chi connectivity index (χ0v) is 12.5. The lowest BCUT2D eigenvalue weighted by Crippen LogP contribution is -2.39. The number of nitrogens with one attached hydrogen (secondary N) is 2. The maximum Gasteiger partial charge on any atom is 0.223 e. The molecule has 0 radical (unpaired) electrons. The van der Waals surface area contributed by atoms with Crippen molar-refractivity contribution >= 4 is 12.3 Å². The fraction of sp³-hybridized carbons (Fsp3) is 0.529. The van der Waals surface area contributed by atoms with Gasteiger partial charge in [0.25, 0.3) is 0 Å². The predicted molar refractivity (Wildman–Crippen MR) is 82.5 cm³/mol. The Bertz CT molecular complexity index is 461. The highest BCUT2D eigenvalue weighted by molar-refractivity contribution is 5.78. The molecule has 1 saturated carbocycles. The van der Waals surface area contributed by atoms with Crippen LogP contribution in [0.1, 0.15) is 44.2 Å². The van der Waals surface area contributed by atoms with Crippen molar-refractivity contribution in [1.82, 2.24) is 10.6 Å². The first kappa shape index (κ1) is 15.5. The van der Waals surface area contributed by atoms with E-state index >= 15 is 0 Å². The van der Waals surface area contributed by atoms with Crippen LogP contribution in [0.25, 0.3) is 0 Å². The molecule has 1 aromatic rings. The zero-order chi connectivity index (χ0) is 15.1. The summed E-state index contributed by atoms with van der Waals surface area (Å²) in [5.41, 5.74) is 1.00. The molecule has 4 heteroatoms. The number of carbonyl (C=O) groups is 2. The van der Waals surface area contributed by atoms with Crippen molar-refractivity contribution in [2.45, 2.75) is 38.6 Å². The minimum absolute atomic E-state index is 0.121. The molecule has 0 aliphatic heterocycles. The monoisotopic (exact) mass is 288 g/mol. The second kappa shape index (κ2) is 7.81. The number of hydrogen-bond acceptors (Lipinski definition) is 2. The van der Waals surface area contributed by atoms with E-state index in [0.29, 0.717) is 18.9 Å². The lowest BCUT2D eigenvalue weighted by atomic mass is 9.82. The summed E-state index contributed by atoms with van der Waals surface area (Å²) in [6.07, 6.45) is 5.00. The Morgan fingerprint density at radius 2 is 2.10 bits per heavy atom. The molecule has 3 atom stereocenters. The van der Waals surface area contributed by atoms with Crippen LogP contribution in [-0.2, 0) is 9.59 Å². The van der Waals surface area contributed by atoms with Crippen LogP contribution in [0.4, 0.5) is 0 Å². The van der Waals surface area contributed by atoms with E-state index in [1.807, 2.05) is 30.3 Å². The summed E-state index contributed by atoms with van der Waals surface area (Å²) in [4.78, 5) is 23.0. The highest BCUT2D eigenvalue weighted by atomic mass is 16.2. The number of rotatable bonds is 6. The highest BCUT2D eigenvalue weighted by Gasteiger charge is 2.25. The SMILES string of the molecule is CC1CCCC(C(=O)NCC(NC=O)c2ccccc2)C1. The molecular formula is C17H24N2O2. The summed E-state index contributed by atoms with van der Waals surface area (Å²) in [7, 11) is 0. The predicted octanol–water partition coefficient (Wildman–Crippen LogP) is 2.42. The van der Waals surface area contributed by atoms with Gasteiger partial charge in [-0.25, -0.2) is 0 Å². The van der Waals surface area contributed by atoms with Gasteiger partial charge >= 0.3 is 0 Å². The van der Waals surface area contributed by atoms with E-state index in [1.54, 1.807) is 0 Å².